The number of anilines is 1. The summed E-state index contributed by atoms with van der Waals surface area (Å²) >= 11 is 0. The van der Waals surface area contributed by atoms with Gasteiger partial charge in [-0.3, -0.25) is 4.79 Å². The minimum atomic E-state index is -0.218. The summed E-state index contributed by atoms with van der Waals surface area (Å²) in [5.41, 5.74) is 0.976. The summed E-state index contributed by atoms with van der Waals surface area (Å²) in [6, 6.07) is 5.16. The third-order valence-electron chi connectivity index (χ3n) is 5.86. The number of benzene rings is 1. The van der Waals surface area contributed by atoms with Gasteiger partial charge in [0, 0.05) is 30.8 Å². The molecule has 2 aliphatic rings. The van der Waals surface area contributed by atoms with E-state index in [-0.39, 0.29) is 35.9 Å². The highest BCUT2D eigenvalue weighted by Gasteiger charge is 2.35. The lowest BCUT2D eigenvalue weighted by molar-refractivity contribution is -0.117. The van der Waals surface area contributed by atoms with Gasteiger partial charge in [-0.1, -0.05) is 20.8 Å². The van der Waals surface area contributed by atoms with Crippen molar-refractivity contribution in [1.29, 1.82) is 0 Å². The molecule has 2 N–H and O–H groups in total. The van der Waals surface area contributed by atoms with Gasteiger partial charge in [-0.2, -0.15) is 0 Å². The summed E-state index contributed by atoms with van der Waals surface area (Å²) in [6.07, 6.45) is 3.45. The summed E-state index contributed by atoms with van der Waals surface area (Å²) in [7, 11) is 3.14. The van der Waals surface area contributed by atoms with Gasteiger partial charge in [-0.25, -0.2) is 4.79 Å². The van der Waals surface area contributed by atoms with Crippen LogP contribution < -0.4 is 25.0 Å². The molecule has 3 atom stereocenters. The van der Waals surface area contributed by atoms with E-state index in [2.05, 4.69) is 31.4 Å². The van der Waals surface area contributed by atoms with E-state index in [0.29, 0.717) is 24.0 Å². The number of hydrogen-bond donors (Lipinski definition) is 2. The minimum absolute atomic E-state index is 0.0186. The first-order chi connectivity index (χ1) is 13.7. The molecule has 1 aromatic rings. The maximum atomic E-state index is 12.5. The highest BCUT2D eigenvalue weighted by molar-refractivity contribution is 5.97. The van der Waals surface area contributed by atoms with Gasteiger partial charge in [0.2, 0.25) is 5.91 Å². The van der Waals surface area contributed by atoms with E-state index >= 15 is 0 Å². The standard InChI is InChI=1S/C22H33N3O4/c1-14-8-15(12-22(2,3)11-14)23-21(27)24-16-9-20(26)25(13-16)17-6-7-18(28-4)19(10-17)29-5/h6-7,10,14-16H,8-9,11-13H2,1-5H3,(H2,23,24,27)/t14-,15+,16+/m0/s1. The molecule has 7 nitrogen and oxygen atoms in total. The van der Waals surface area contributed by atoms with Gasteiger partial charge in [0.15, 0.2) is 11.5 Å². The fraction of sp³-hybridized carbons (Fsp3) is 0.636. The van der Waals surface area contributed by atoms with Crippen molar-refractivity contribution in [1.82, 2.24) is 10.6 Å². The Hall–Kier alpha value is -2.44. The van der Waals surface area contributed by atoms with Crippen LogP contribution in [0.15, 0.2) is 18.2 Å². The van der Waals surface area contributed by atoms with Crippen LogP contribution in [0.2, 0.25) is 0 Å². The summed E-state index contributed by atoms with van der Waals surface area (Å²) in [4.78, 5) is 26.7. The molecule has 3 rings (SSSR count). The molecular formula is C22H33N3O4. The smallest absolute Gasteiger partial charge is 0.315 e. The van der Waals surface area contributed by atoms with Crippen molar-refractivity contribution >= 4 is 17.6 Å². The Morgan fingerprint density at radius 2 is 1.79 bits per heavy atom. The van der Waals surface area contributed by atoms with Gasteiger partial charge in [-0.15, -0.1) is 0 Å². The predicted octanol–water partition coefficient (Wildman–Crippen LogP) is 3.32. The van der Waals surface area contributed by atoms with Gasteiger partial charge in [0.25, 0.3) is 0 Å². The number of carbonyl (C=O) groups excluding carboxylic acids is 2. The first-order valence-electron chi connectivity index (χ1n) is 10.3. The Labute approximate surface area is 173 Å². The average Bonchev–Trinajstić information content (AvgIpc) is 2.99. The van der Waals surface area contributed by atoms with Crippen LogP contribution in [0.4, 0.5) is 10.5 Å². The Bertz CT molecular complexity index is 764. The Morgan fingerprint density at radius 1 is 1.10 bits per heavy atom. The Morgan fingerprint density at radius 3 is 2.45 bits per heavy atom. The van der Waals surface area contributed by atoms with Crippen LogP contribution >= 0.6 is 0 Å². The zero-order valence-corrected chi connectivity index (χ0v) is 18.1. The van der Waals surface area contributed by atoms with Crippen LogP contribution in [0.1, 0.15) is 46.5 Å². The van der Waals surface area contributed by atoms with Gasteiger partial charge in [0.05, 0.1) is 20.3 Å². The van der Waals surface area contributed by atoms with Crippen LogP contribution in [0, 0.1) is 11.3 Å². The normalized spacial score (nSPS) is 26.2. The minimum Gasteiger partial charge on any atom is -0.493 e. The summed E-state index contributed by atoms with van der Waals surface area (Å²) in [5.74, 6) is 1.76. The number of urea groups is 1. The molecule has 0 radical (unpaired) electrons. The van der Waals surface area contributed by atoms with E-state index in [9.17, 15) is 9.59 Å². The molecule has 29 heavy (non-hydrogen) atoms. The number of nitrogens with zero attached hydrogens (tertiary/aromatic N) is 1. The topological polar surface area (TPSA) is 79.9 Å². The highest BCUT2D eigenvalue weighted by Crippen LogP contribution is 2.38. The average molecular weight is 404 g/mol. The number of ether oxygens (including phenoxy) is 2. The van der Waals surface area contributed by atoms with Gasteiger partial charge >= 0.3 is 6.03 Å². The fourth-order valence-electron chi connectivity index (χ4n) is 4.92. The first-order valence-corrected chi connectivity index (χ1v) is 10.3. The SMILES string of the molecule is COc1ccc(N2C[C@H](NC(=O)N[C@@H]3C[C@H](C)CC(C)(C)C3)CC2=O)cc1OC. The second kappa shape index (κ2) is 8.51. The number of amides is 3. The first kappa shape index (κ1) is 21.3. The quantitative estimate of drug-likeness (QED) is 0.790. The van der Waals surface area contributed by atoms with E-state index < -0.39 is 0 Å². The van der Waals surface area contributed by atoms with Crippen LogP contribution in [0.25, 0.3) is 0 Å². The highest BCUT2D eigenvalue weighted by atomic mass is 16.5. The summed E-state index contributed by atoms with van der Waals surface area (Å²) < 4.78 is 10.6. The maximum Gasteiger partial charge on any atom is 0.315 e. The molecule has 1 saturated heterocycles. The van der Waals surface area contributed by atoms with Gasteiger partial charge in [-0.05, 0) is 42.7 Å². The number of rotatable bonds is 5. The zero-order valence-electron chi connectivity index (χ0n) is 18.1. The second-order valence-electron chi connectivity index (χ2n) is 9.17. The van der Waals surface area contributed by atoms with Crippen molar-refractivity contribution in [2.24, 2.45) is 11.3 Å². The van der Waals surface area contributed by atoms with E-state index in [1.807, 2.05) is 6.07 Å². The molecule has 1 aliphatic carbocycles. The summed E-state index contributed by atoms with van der Waals surface area (Å²) in [5, 5.41) is 6.10. The molecule has 1 saturated carbocycles. The molecular weight excluding hydrogens is 370 g/mol. The molecule has 1 heterocycles. The van der Waals surface area contributed by atoms with E-state index in [1.165, 1.54) is 6.42 Å². The monoisotopic (exact) mass is 403 g/mol. The zero-order chi connectivity index (χ0) is 21.2. The lowest BCUT2D eigenvalue weighted by atomic mass is 9.71. The van der Waals surface area contributed by atoms with Crippen molar-refractivity contribution in [3.05, 3.63) is 18.2 Å². The number of hydrogen-bond acceptors (Lipinski definition) is 4. The molecule has 160 valence electrons. The predicted molar refractivity (Wildman–Crippen MR) is 113 cm³/mol. The molecule has 3 amide bonds. The lowest BCUT2D eigenvalue weighted by Gasteiger charge is -2.39. The number of nitrogens with one attached hydrogen (secondary N) is 2. The molecule has 2 fully saturated rings. The second-order valence-corrected chi connectivity index (χ2v) is 9.17. The van der Waals surface area contributed by atoms with Gasteiger partial charge in [0.1, 0.15) is 0 Å². The molecule has 1 aliphatic heterocycles. The summed E-state index contributed by atoms with van der Waals surface area (Å²) in [6.45, 7) is 7.19. The molecule has 0 unspecified atom stereocenters. The Kier molecular flexibility index (Phi) is 6.24. The van der Waals surface area contributed by atoms with Crippen molar-refractivity contribution < 1.29 is 19.1 Å². The molecule has 7 heteroatoms. The molecule has 0 bridgehead atoms. The van der Waals surface area contributed by atoms with Crippen molar-refractivity contribution in [2.75, 3.05) is 25.7 Å². The van der Waals surface area contributed by atoms with E-state index in [0.717, 1.165) is 18.5 Å². The largest absolute Gasteiger partial charge is 0.493 e. The molecule has 1 aromatic carbocycles. The molecule has 0 spiro atoms. The van der Waals surface area contributed by atoms with Crippen molar-refractivity contribution in [3.63, 3.8) is 0 Å². The van der Waals surface area contributed by atoms with Crippen LogP contribution in [0.5, 0.6) is 11.5 Å². The maximum absolute atomic E-state index is 12.5. The van der Waals surface area contributed by atoms with Crippen molar-refractivity contribution in [2.45, 2.75) is 58.5 Å². The van der Waals surface area contributed by atoms with Crippen molar-refractivity contribution in [3.8, 4) is 11.5 Å². The van der Waals surface area contributed by atoms with Crippen LogP contribution in [-0.2, 0) is 4.79 Å². The van der Waals surface area contributed by atoms with E-state index in [1.54, 1.807) is 31.3 Å². The van der Waals surface area contributed by atoms with Crippen LogP contribution in [-0.4, -0.2) is 44.8 Å². The Balaban J connectivity index is 1.58. The third-order valence-corrected chi connectivity index (χ3v) is 5.86. The van der Waals surface area contributed by atoms with Gasteiger partial charge < -0.3 is 25.0 Å². The van der Waals surface area contributed by atoms with Crippen LogP contribution in [0.3, 0.4) is 0 Å². The molecule has 0 aromatic heterocycles. The lowest BCUT2D eigenvalue weighted by Crippen LogP contribution is -2.50. The third kappa shape index (κ3) is 5.14. The number of methoxy groups -OCH3 is 2. The number of carbonyl (C=O) groups is 2. The fourth-order valence-corrected chi connectivity index (χ4v) is 4.92. The van der Waals surface area contributed by atoms with E-state index in [4.69, 9.17) is 9.47 Å².